The highest BCUT2D eigenvalue weighted by molar-refractivity contribution is 9.10. The van der Waals surface area contributed by atoms with Crippen LogP contribution in [-0.4, -0.2) is 38.3 Å². The van der Waals surface area contributed by atoms with Crippen LogP contribution in [-0.2, 0) is 9.53 Å². The summed E-state index contributed by atoms with van der Waals surface area (Å²) in [6, 6.07) is 3.45. The van der Waals surface area contributed by atoms with Gasteiger partial charge in [-0.25, -0.2) is 0 Å². The van der Waals surface area contributed by atoms with E-state index < -0.39 is 0 Å². The number of hydrogen-bond acceptors (Lipinski definition) is 4. The molecule has 0 bridgehead atoms. The van der Waals surface area contributed by atoms with Crippen molar-refractivity contribution in [1.82, 2.24) is 5.32 Å². The number of carbonyl (C=O) groups excluding carboxylic acids is 1. The molecule has 124 valence electrons. The fourth-order valence-corrected chi connectivity index (χ4v) is 3.04. The number of anilines is 1. The maximum absolute atomic E-state index is 12.1. The highest BCUT2D eigenvalue weighted by Crippen LogP contribution is 2.36. The lowest BCUT2D eigenvalue weighted by Gasteiger charge is -2.23. The van der Waals surface area contributed by atoms with Gasteiger partial charge in [0, 0.05) is 24.0 Å². The Morgan fingerprint density at radius 2 is 2.36 bits per heavy atom. The average Bonchev–Trinajstić information content (AvgIpc) is 2.43. The van der Waals surface area contributed by atoms with Crippen LogP contribution in [0.2, 0.25) is 5.02 Å². The van der Waals surface area contributed by atoms with E-state index in [0.717, 1.165) is 6.54 Å². The summed E-state index contributed by atoms with van der Waals surface area (Å²) in [6.45, 7) is 4.39. The van der Waals surface area contributed by atoms with Gasteiger partial charge in [0.25, 0.3) is 0 Å². The van der Waals surface area contributed by atoms with Gasteiger partial charge in [0.1, 0.15) is 0 Å². The second kappa shape index (κ2) is 9.57. The van der Waals surface area contributed by atoms with E-state index in [1.807, 2.05) is 6.92 Å². The van der Waals surface area contributed by atoms with E-state index in [1.54, 1.807) is 12.1 Å². The topological polar surface area (TPSA) is 59.6 Å². The Labute approximate surface area is 149 Å². The molecule has 0 spiro atoms. The van der Waals surface area contributed by atoms with Gasteiger partial charge in [-0.05, 0) is 35.0 Å². The molecule has 0 aliphatic carbocycles. The fourth-order valence-electron chi connectivity index (χ4n) is 2.12. The van der Waals surface area contributed by atoms with E-state index in [4.69, 9.17) is 21.1 Å². The SMILES string of the molecule is CCOc1c(Br)cc(Cl)cc1NC(=O)CC1COCCN1.Cl. The zero-order valence-electron chi connectivity index (χ0n) is 12.2. The Bertz CT molecular complexity index is 511. The number of carbonyl (C=O) groups is 1. The lowest BCUT2D eigenvalue weighted by molar-refractivity contribution is -0.117. The first-order valence-electron chi connectivity index (χ1n) is 6.83. The Hall–Kier alpha value is -0.530. The zero-order valence-corrected chi connectivity index (χ0v) is 15.3. The number of nitrogens with one attached hydrogen (secondary N) is 2. The molecule has 1 aromatic carbocycles. The van der Waals surface area contributed by atoms with Crippen molar-refractivity contribution in [3.05, 3.63) is 21.6 Å². The molecule has 22 heavy (non-hydrogen) atoms. The third-order valence-corrected chi connectivity index (χ3v) is 3.81. The van der Waals surface area contributed by atoms with Gasteiger partial charge in [-0.15, -0.1) is 12.4 Å². The van der Waals surface area contributed by atoms with E-state index in [9.17, 15) is 4.79 Å². The normalized spacial score (nSPS) is 17.5. The van der Waals surface area contributed by atoms with Crippen LogP contribution in [0, 0.1) is 0 Å². The summed E-state index contributed by atoms with van der Waals surface area (Å²) in [6.07, 6.45) is 0.343. The van der Waals surface area contributed by atoms with Gasteiger partial charge in [0.2, 0.25) is 5.91 Å². The van der Waals surface area contributed by atoms with Crippen molar-refractivity contribution in [2.75, 3.05) is 31.7 Å². The van der Waals surface area contributed by atoms with Crippen LogP contribution < -0.4 is 15.4 Å². The minimum absolute atomic E-state index is 0. The first-order chi connectivity index (χ1) is 10.1. The fraction of sp³-hybridized carbons (Fsp3) is 0.500. The second-order valence-electron chi connectivity index (χ2n) is 4.68. The van der Waals surface area contributed by atoms with Crippen LogP contribution in [0.15, 0.2) is 16.6 Å². The molecule has 1 unspecified atom stereocenters. The van der Waals surface area contributed by atoms with Gasteiger partial charge in [-0.2, -0.15) is 0 Å². The molecule has 1 aliphatic rings. The van der Waals surface area contributed by atoms with Gasteiger partial charge < -0.3 is 20.1 Å². The van der Waals surface area contributed by atoms with E-state index in [0.29, 0.717) is 47.2 Å². The number of benzene rings is 1. The Morgan fingerprint density at radius 1 is 1.59 bits per heavy atom. The van der Waals surface area contributed by atoms with E-state index >= 15 is 0 Å². The lowest BCUT2D eigenvalue weighted by atomic mass is 10.2. The molecule has 1 saturated heterocycles. The predicted molar refractivity (Wildman–Crippen MR) is 93.4 cm³/mol. The number of hydrogen-bond donors (Lipinski definition) is 2. The van der Waals surface area contributed by atoms with Gasteiger partial charge >= 0.3 is 0 Å². The average molecular weight is 414 g/mol. The molecule has 0 saturated carbocycles. The Kier molecular flexibility index (Phi) is 8.49. The Morgan fingerprint density at radius 3 is 3.00 bits per heavy atom. The molecule has 2 rings (SSSR count). The summed E-state index contributed by atoms with van der Waals surface area (Å²) in [5.74, 6) is 0.483. The third-order valence-electron chi connectivity index (χ3n) is 3.00. The van der Waals surface area contributed by atoms with Crippen molar-refractivity contribution in [3.63, 3.8) is 0 Å². The van der Waals surface area contributed by atoms with Crippen molar-refractivity contribution in [2.24, 2.45) is 0 Å². The summed E-state index contributed by atoms with van der Waals surface area (Å²) < 4.78 is 11.6. The van der Waals surface area contributed by atoms with Crippen molar-refractivity contribution < 1.29 is 14.3 Å². The predicted octanol–water partition coefficient (Wildman–Crippen LogP) is 3.24. The maximum Gasteiger partial charge on any atom is 0.226 e. The zero-order chi connectivity index (χ0) is 15.2. The highest BCUT2D eigenvalue weighted by atomic mass is 79.9. The molecule has 2 N–H and O–H groups in total. The molecule has 0 radical (unpaired) electrons. The van der Waals surface area contributed by atoms with Crippen LogP contribution in [0.25, 0.3) is 0 Å². The summed E-state index contributed by atoms with van der Waals surface area (Å²) >= 11 is 9.42. The molecule has 0 aromatic heterocycles. The molecule has 1 amide bonds. The van der Waals surface area contributed by atoms with E-state index in [-0.39, 0.29) is 24.4 Å². The molecule has 1 heterocycles. The van der Waals surface area contributed by atoms with Crippen LogP contribution in [0.3, 0.4) is 0 Å². The first-order valence-corrected chi connectivity index (χ1v) is 8.00. The number of halogens is 3. The first kappa shape index (κ1) is 19.5. The van der Waals surface area contributed by atoms with Crippen molar-refractivity contribution in [3.8, 4) is 5.75 Å². The third kappa shape index (κ3) is 5.59. The quantitative estimate of drug-likeness (QED) is 0.777. The van der Waals surface area contributed by atoms with Gasteiger partial charge in [-0.3, -0.25) is 4.79 Å². The molecule has 1 fully saturated rings. The number of morpholine rings is 1. The monoisotopic (exact) mass is 412 g/mol. The largest absolute Gasteiger partial charge is 0.491 e. The lowest BCUT2D eigenvalue weighted by Crippen LogP contribution is -2.43. The van der Waals surface area contributed by atoms with Gasteiger partial charge in [-0.1, -0.05) is 11.6 Å². The standard InChI is InChI=1S/C14H18BrClN2O3.ClH/c1-2-21-14-11(15)5-9(16)6-12(14)18-13(19)7-10-8-20-4-3-17-10;/h5-6,10,17H,2-4,7-8H2,1H3,(H,18,19);1H. The summed E-state index contributed by atoms with van der Waals surface area (Å²) in [7, 11) is 0. The maximum atomic E-state index is 12.1. The van der Waals surface area contributed by atoms with Crippen LogP contribution in [0.4, 0.5) is 5.69 Å². The van der Waals surface area contributed by atoms with Crippen molar-refractivity contribution in [1.29, 1.82) is 0 Å². The molecule has 8 heteroatoms. The van der Waals surface area contributed by atoms with Crippen molar-refractivity contribution in [2.45, 2.75) is 19.4 Å². The molecule has 5 nitrogen and oxygen atoms in total. The van der Waals surface area contributed by atoms with E-state index in [2.05, 4.69) is 26.6 Å². The summed E-state index contributed by atoms with van der Waals surface area (Å²) in [4.78, 5) is 12.1. The molecular formula is C14H19BrCl2N2O3. The smallest absolute Gasteiger partial charge is 0.226 e. The highest BCUT2D eigenvalue weighted by Gasteiger charge is 2.19. The van der Waals surface area contributed by atoms with Gasteiger partial charge in [0.05, 0.1) is 30.0 Å². The molecule has 1 aromatic rings. The molecular weight excluding hydrogens is 395 g/mol. The Balaban J connectivity index is 0.00000242. The van der Waals surface area contributed by atoms with Crippen LogP contribution in [0.5, 0.6) is 5.75 Å². The number of amides is 1. The summed E-state index contributed by atoms with van der Waals surface area (Å²) in [5.41, 5.74) is 0.568. The van der Waals surface area contributed by atoms with Crippen LogP contribution in [0.1, 0.15) is 13.3 Å². The van der Waals surface area contributed by atoms with Gasteiger partial charge in [0.15, 0.2) is 5.75 Å². The minimum Gasteiger partial charge on any atom is -0.491 e. The number of ether oxygens (including phenoxy) is 2. The number of rotatable bonds is 5. The minimum atomic E-state index is -0.104. The molecule has 1 aliphatic heterocycles. The second-order valence-corrected chi connectivity index (χ2v) is 5.97. The van der Waals surface area contributed by atoms with Crippen LogP contribution >= 0.6 is 39.9 Å². The summed E-state index contributed by atoms with van der Waals surface area (Å²) in [5, 5.41) is 6.62. The van der Waals surface area contributed by atoms with E-state index in [1.165, 1.54) is 0 Å². The molecule has 1 atom stereocenters. The van der Waals surface area contributed by atoms with Crippen molar-refractivity contribution >= 4 is 51.5 Å².